The summed E-state index contributed by atoms with van der Waals surface area (Å²) in [5, 5.41) is 12.4. The minimum atomic E-state index is -0.374. The van der Waals surface area contributed by atoms with Gasteiger partial charge in [0.15, 0.2) is 5.13 Å². The van der Waals surface area contributed by atoms with Crippen molar-refractivity contribution in [1.29, 1.82) is 0 Å². The van der Waals surface area contributed by atoms with Crippen molar-refractivity contribution in [1.82, 2.24) is 4.98 Å². The summed E-state index contributed by atoms with van der Waals surface area (Å²) >= 11 is 1.23. The number of rotatable bonds is 6. The molecule has 0 saturated carbocycles. The van der Waals surface area contributed by atoms with Gasteiger partial charge in [-0.3, -0.25) is 0 Å². The summed E-state index contributed by atoms with van der Waals surface area (Å²) in [6.07, 6.45) is 0. The number of aliphatic hydroxyl groups excluding tert-OH is 1. The maximum atomic E-state index is 12.0. The van der Waals surface area contributed by atoms with Gasteiger partial charge in [0.25, 0.3) is 0 Å². The quantitative estimate of drug-likeness (QED) is 0.800. The van der Waals surface area contributed by atoms with Crippen molar-refractivity contribution in [3.63, 3.8) is 0 Å². The Kier molecular flexibility index (Phi) is 5.09. The van der Waals surface area contributed by atoms with E-state index in [1.165, 1.54) is 11.3 Å². The second-order valence-electron chi connectivity index (χ2n) is 3.93. The molecule has 0 saturated heterocycles. The topological polar surface area (TPSA) is 71.5 Å². The Hall–Kier alpha value is -1.92. The maximum Gasteiger partial charge on any atom is 0.350 e. The minimum absolute atomic E-state index is 0.00892. The highest BCUT2D eigenvalue weighted by Crippen LogP contribution is 2.31. The molecule has 5 nitrogen and oxygen atoms in total. The maximum absolute atomic E-state index is 12.0. The first kappa shape index (κ1) is 14.5. The third-order valence-corrected chi connectivity index (χ3v) is 3.52. The molecule has 0 amide bonds. The standard InChI is InChI=1S/C14H16N2O3S/c1-2-19-13(18)12-11(10-6-4-3-5-7-10)16-14(20-12)15-8-9-17/h3-7,17H,2,8-9H2,1H3,(H,15,16). The van der Waals surface area contributed by atoms with E-state index in [9.17, 15) is 4.79 Å². The van der Waals surface area contributed by atoms with Crippen LogP contribution >= 0.6 is 11.3 Å². The van der Waals surface area contributed by atoms with E-state index in [2.05, 4.69) is 10.3 Å². The van der Waals surface area contributed by atoms with Crippen molar-refractivity contribution in [3.05, 3.63) is 35.2 Å². The van der Waals surface area contributed by atoms with E-state index in [1.807, 2.05) is 30.3 Å². The van der Waals surface area contributed by atoms with Crippen molar-refractivity contribution in [2.75, 3.05) is 25.1 Å². The van der Waals surface area contributed by atoms with Gasteiger partial charge in [-0.25, -0.2) is 9.78 Å². The number of aromatic nitrogens is 1. The first-order chi connectivity index (χ1) is 9.76. The molecule has 1 heterocycles. The fourth-order valence-electron chi connectivity index (χ4n) is 1.69. The molecule has 0 aliphatic carbocycles. The molecule has 0 aliphatic rings. The summed E-state index contributed by atoms with van der Waals surface area (Å²) in [6, 6.07) is 9.49. The normalized spacial score (nSPS) is 10.3. The van der Waals surface area contributed by atoms with Crippen molar-refractivity contribution < 1.29 is 14.6 Å². The number of hydrogen-bond acceptors (Lipinski definition) is 6. The number of hydrogen-bond donors (Lipinski definition) is 2. The number of ether oxygens (including phenoxy) is 1. The van der Waals surface area contributed by atoms with Crippen LogP contribution in [0.4, 0.5) is 5.13 Å². The number of thiazole rings is 1. The lowest BCUT2D eigenvalue weighted by Crippen LogP contribution is -2.04. The Bertz CT molecular complexity index is 569. The van der Waals surface area contributed by atoms with Crippen LogP contribution in [0.1, 0.15) is 16.6 Å². The zero-order valence-corrected chi connectivity index (χ0v) is 11.9. The van der Waals surface area contributed by atoms with E-state index in [-0.39, 0.29) is 12.6 Å². The zero-order chi connectivity index (χ0) is 14.4. The van der Waals surface area contributed by atoms with Gasteiger partial charge in [-0.1, -0.05) is 41.7 Å². The molecular formula is C14H16N2O3S. The average Bonchev–Trinajstić information content (AvgIpc) is 2.90. The molecule has 106 valence electrons. The van der Waals surface area contributed by atoms with Crippen molar-refractivity contribution in [2.24, 2.45) is 0 Å². The van der Waals surface area contributed by atoms with Gasteiger partial charge in [-0.2, -0.15) is 0 Å². The van der Waals surface area contributed by atoms with Gasteiger partial charge in [0.2, 0.25) is 0 Å². The summed E-state index contributed by atoms with van der Waals surface area (Å²) in [5.74, 6) is -0.374. The molecule has 2 N–H and O–H groups in total. The highest BCUT2D eigenvalue weighted by molar-refractivity contribution is 7.17. The molecule has 0 aliphatic heterocycles. The predicted molar refractivity (Wildman–Crippen MR) is 79.1 cm³/mol. The van der Waals surface area contributed by atoms with Crippen LogP contribution in [0.15, 0.2) is 30.3 Å². The first-order valence-corrected chi connectivity index (χ1v) is 7.16. The number of benzene rings is 1. The van der Waals surface area contributed by atoms with Crippen molar-refractivity contribution in [2.45, 2.75) is 6.92 Å². The fraction of sp³-hybridized carbons (Fsp3) is 0.286. The van der Waals surface area contributed by atoms with Gasteiger partial charge in [-0.05, 0) is 6.92 Å². The lowest BCUT2D eigenvalue weighted by molar-refractivity contribution is 0.0532. The molecular weight excluding hydrogens is 276 g/mol. The Balaban J connectivity index is 2.37. The predicted octanol–water partition coefficient (Wildman–Crippen LogP) is 2.39. The lowest BCUT2D eigenvalue weighted by Gasteiger charge is -2.01. The van der Waals surface area contributed by atoms with Gasteiger partial charge in [0.05, 0.1) is 18.9 Å². The van der Waals surface area contributed by atoms with Crippen LogP contribution in [-0.2, 0) is 4.74 Å². The number of anilines is 1. The van der Waals surface area contributed by atoms with E-state index >= 15 is 0 Å². The molecule has 2 rings (SSSR count). The molecule has 1 aromatic carbocycles. The molecule has 0 fully saturated rings. The average molecular weight is 292 g/mol. The van der Waals surface area contributed by atoms with Crippen LogP contribution in [0.2, 0.25) is 0 Å². The van der Waals surface area contributed by atoms with Crippen LogP contribution in [0.25, 0.3) is 11.3 Å². The molecule has 2 aromatic rings. The molecule has 6 heteroatoms. The van der Waals surface area contributed by atoms with E-state index in [1.54, 1.807) is 6.92 Å². The number of aliphatic hydroxyl groups is 1. The summed E-state index contributed by atoms with van der Waals surface area (Å²) in [6.45, 7) is 2.50. The van der Waals surface area contributed by atoms with Crippen LogP contribution in [0.3, 0.4) is 0 Å². The number of esters is 1. The minimum Gasteiger partial charge on any atom is -0.462 e. The number of nitrogens with zero attached hydrogens (tertiary/aromatic N) is 1. The molecule has 0 unspecified atom stereocenters. The van der Waals surface area contributed by atoms with E-state index in [0.29, 0.717) is 28.9 Å². The third-order valence-electron chi connectivity index (χ3n) is 2.52. The fourth-order valence-corrected chi connectivity index (χ4v) is 2.59. The zero-order valence-electron chi connectivity index (χ0n) is 11.1. The second kappa shape index (κ2) is 7.02. The largest absolute Gasteiger partial charge is 0.462 e. The lowest BCUT2D eigenvalue weighted by atomic mass is 10.1. The van der Waals surface area contributed by atoms with Gasteiger partial charge in [0.1, 0.15) is 4.88 Å². The first-order valence-electron chi connectivity index (χ1n) is 6.34. The smallest absolute Gasteiger partial charge is 0.350 e. The number of carbonyl (C=O) groups is 1. The summed E-state index contributed by atoms with van der Waals surface area (Å²) < 4.78 is 5.06. The summed E-state index contributed by atoms with van der Waals surface area (Å²) in [4.78, 5) is 16.9. The van der Waals surface area contributed by atoms with E-state index in [4.69, 9.17) is 9.84 Å². The number of nitrogens with one attached hydrogen (secondary N) is 1. The Morgan fingerprint density at radius 3 is 2.80 bits per heavy atom. The SMILES string of the molecule is CCOC(=O)c1sc(NCCO)nc1-c1ccccc1. The van der Waals surface area contributed by atoms with Crippen LogP contribution < -0.4 is 5.32 Å². The molecule has 0 radical (unpaired) electrons. The molecule has 0 atom stereocenters. The Morgan fingerprint density at radius 1 is 1.40 bits per heavy atom. The molecule has 0 bridgehead atoms. The van der Waals surface area contributed by atoms with E-state index < -0.39 is 0 Å². The van der Waals surface area contributed by atoms with Gasteiger partial charge >= 0.3 is 5.97 Å². The van der Waals surface area contributed by atoms with E-state index in [0.717, 1.165) is 5.56 Å². The highest BCUT2D eigenvalue weighted by Gasteiger charge is 2.20. The molecule has 1 aromatic heterocycles. The number of carbonyl (C=O) groups excluding carboxylic acids is 1. The highest BCUT2D eigenvalue weighted by atomic mass is 32.1. The van der Waals surface area contributed by atoms with Gasteiger partial charge < -0.3 is 15.2 Å². The monoisotopic (exact) mass is 292 g/mol. The summed E-state index contributed by atoms with van der Waals surface area (Å²) in [5.41, 5.74) is 1.47. The Labute approximate surface area is 121 Å². The van der Waals surface area contributed by atoms with Crippen LogP contribution in [0, 0.1) is 0 Å². The van der Waals surface area contributed by atoms with Gasteiger partial charge in [0, 0.05) is 12.1 Å². The summed E-state index contributed by atoms with van der Waals surface area (Å²) in [7, 11) is 0. The van der Waals surface area contributed by atoms with Crippen molar-refractivity contribution >= 4 is 22.4 Å². The molecule has 20 heavy (non-hydrogen) atoms. The van der Waals surface area contributed by atoms with Gasteiger partial charge in [-0.15, -0.1) is 0 Å². The van der Waals surface area contributed by atoms with Crippen LogP contribution in [-0.4, -0.2) is 35.8 Å². The van der Waals surface area contributed by atoms with Crippen molar-refractivity contribution in [3.8, 4) is 11.3 Å². The third kappa shape index (κ3) is 3.34. The van der Waals surface area contributed by atoms with Crippen LogP contribution in [0.5, 0.6) is 0 Å². The second-order valence-corrected chi connectivity index (χ2v) is 4.93. The molecule has 0 spiro atoms. The Morgan fingerprint density at radius 2 is 2.15 bits per heavy atom.